The lowest BCUT2D eigenvalue weighted by atomic mass is 9.97. The van der Waals surface area contributed by atoms with E-state index in [1.165, 1.54) is 0 Å². The summed E-state index contributed by atoms with van der Waals surface area (Å²) >= 11 is 0. The monoisotopic (exact) mass is 223 g/mol. The summed E-state index contributed by atoms with van der Waals surface area (Å²) in [5.41, 5.74) is 4.97. The largest absolute Gasteiger partial charge is 0.481 e. The third-order valence-electron chi connectivity index (χ3n) is 1.43. The average molecular weight is 223 g/mol. The first-order valence-electron chi connectivity index (χ1n) is 3.74. The molecule has 88 valence electrons. The first kappa shape index (κ1) is 15.8. The van der Waals surface area contributed by atoms with Gasteiger partial charge in [-0.2, -0.15) is 0 Å². The molecule has 15 heavy (non-hydrogen) atoms. The third-order valence-corrected chi connectivity index (χ3v) is 1.43. The second-order valence-corrected chi connectivity index (χ2v) is 2.41. The van der Waals surface area contributed by atoms with Crippen LogP contribution in [0.4, 0.5) is 0 Å². The molecule has 2 unspecified atom stereocenters. The van der Waals surface area contributed by atoms with Crippen LogP contribution in [-0.2, 0) is 14.4 Å². The predicted octanol–water partition coefficient (Wildman–Crippen LogP) is -1.82. The number of aliphatic hydroxyl groups excluding tert-OH is 1. The molecule has 0 aliphatic heterocycles. The number of rotatable bonds is 5. The highest BCUT2D eigenvalue weighted by atomic mass is 16.4. The summed E-state index contributed by atoms with van der Waals surface area (Å²) in [4.78, 5) is 30.7. The number of nitrogens with two attached hydrogens (primary N) is 1. The second-order valence-electron chi connectivity index (χ2n) is 2.41. The van der Waals surface area contributed by atoms with Crippen molar-refractivity contribution < 1.29 is 34.8 Å². The fraction of sp³-hybridized carbons (Fsp3) is 0.571. The van der Waals surface area contributed by atoms with Gasteiger partial charge in [-0.25, -0.2) is 0 Å². The van der Waals surface area contributed by atoms with Crippen molar-refractivity contribution in [3.05, 3.63) is 0 Å². The minimum atomic E-state index is -1.70. The Balaban J connectivity index is 0. The summed E-state index contributed by atoms with van der Waals surface area (Å²) < 4.78 is 0. The highest BCUT2D eigenvalue weighted by Gasteiger charge is 2.32. The fourth-order valence-electron chi connectivity index (χ4n) is 0.728. The van der Waals surface area contributed by atoms with E-state index in [9.17, 15) is 14.4 Å². The Morgan fingerprint density at radius 1 is 1.07 bits per heavy atom. The SMILES string of the molecule is CO.NC(C(=O)O)C(CC(=O)O)C(=O)O. The van der Waals surface area contributed by atoms with Gasteiger partial charge >= 0.3 is 17.9 Å². The van der Waals surface area contributed by atoms with Gasteiger partial charge in [0.25, 0.3) is 0 Å². The van der Waals surface area contributed by atoms with Crippen LogP contribution in [0.3, 0.4) is 0 Å². The van der Waals surface area contributed by atoms with E-state index in [2.05, 4.69) is 0 Å². The maximum atomic E-state index is 10.4. The van der Waals surface area contributed by atoms with Gasteiger partial charge < -0.3 is 26.2 Å². The minimum absolute atomic E-state index is 0.803. The molecule has 2 atom stereocenters. The molecule has 0 aromatic carbocycles. The lowest BCUT2D eigenvalue weighted by molar-refractivity contribution is -0.153. The van der Waals surface area contributed by atoms with Gasteiger partial charge in [0.15, 0.2) is 0 Å². The summed E-state index contributed by atoms with van der Waals surface area (Å²) in [6.07, 6.45) is -0.803. The second kappa shape index (κ2) is 7.71. The number of aliphatic carboxylic acids is 3. The zero-order valence-electron chi connectivity index (χ0n) is 7.95. The van der Waals surface area contributed by atoms with Crippen molar-refractivity contribution in [2.75, 3.05) is 7.11 Å². The van der Waals surface area contributed by atoms with Gasteiger partial charge in [0.2, 0.25) is 0 Å². The van der Waals surface area contributed by atoms with Gasteiger partial charge in [0, 0.05) is 7.11 Å². The van der Waals surface area contributed by atoms with E-state index < -0.39 is 36.3 Å². The van der Waals surface area contributed by atoms with Crippen molar-refractivity contribution in [2.45, 2.75) is 12.5 Å². The van der Waals surface area contributed by atoms with Crippen LogP contribution in [0.1, 0.15) is 6.42 Å². The molecule has 0 saturated carbocycles. The third kappa shape index (κ3) is 6.41. The molecule has 0 radical (unpaired) electrons. The molecule has 0 aliphatic rings. The molecule has 0 spiro atoms. The van der Waals surface area contributed by atoms with E-state index in [4.69, 9.17) is 26.2 Å². The van der Waals surface area contributed by atoms with Gasteiger partial charge in [0.1, 0.15) is 6.04 Å². The van der Waals surface area contributed by atoms with Crippen LogP contribution < -0.4 is 5.73 Å². The molecule has 0 saturated heterocycles. The fourth-order valence-corrected chi connectivity index (χ4v) is 0.728. The number of hydrogen-bond donors (Lipinski definition) is 5. The Labute approximate surface area is 84.9 Å². The maximum absolute atomic E-state index is 10.4. The average Bonchev–Trinajstić information content (AvgIpc) is 2.15. The van der Waals surface area contributed by atoms with E-state index in [1.54, 1.807) is 0 Å². The molecule has 0 aromatic rings. The van der Waals surface area contributed by atoms with E-state index in [0.717, 1.165) is 7.11 Å². The van der Waals surface area contributed by atoms with Gasteiger partial charge in [-0.3, -0.25) is 14.4 Å². The van der Waals surface area contributed by atoms with E-state index >= 15 is 0 Å². The standard InChI is InChI=1S/C6H9NO6.CH4O/c7-4(6(12)13)2(5(10)11)1-3(8)9;1-2/h2,4H,1,7H2,(H,8,9)(H,10,11)(H,12,13);2H,1H3. The molecule has 6 N–H and O–H groups in total. The van der Waals surface area contributed by atoms with Gasteiger partial charge in [-0.1, -0.05) is 0 Å². The molecule has 0 rings (SSSR count). The van der Waals surface area contributed by atoms with Gasteiger partial charge in [-0.05, 0) is 0 Å². The Morgan fingerprint density at radius 2 is 1.47 bits per heavy atom. The van der Waals surface area contributed by atoms with E-state index in [-0.39, 0.29) is 0 Å². The van der Waals surface area contributed by atoms with Crippen molar-refractivity contribution in [3.63, 3.8) is 0 Å². The molecule has 8 heteroatoms. The summed E-state index contributed by atoms with van der Waals surface area (Å²) in [5.74, 6) is -6.06. The minimum Gasteiger partial charge on any atom is -0.481 e. The van der Waals surface area contributed by atoms with Crippen LogP contribution in [0.5, 0.6) is 0 Å². The summed E-state index contributed by atoms with van der Waals surface area (Å²) in [6, 6.07) is -1.70. The predicted molar refractivity (Wildman–Crippen MR) is 47.1 cm³/mol. The molecule has 8 nitrogen and oxygen atoms in total. The van der Waals surface area contributed by atoms with Crippen molar-refractivity contribution in [1.29, 1.82) is 0 Å². The summed E-state index contributed by atoms with van der Waals surface area (Å²) in [7, 11) is 1.00. The van der Waals surface area contributed by atoms with Gasteiger partial charge in [0.05, 0.1) is 12.3 Å². The van der Waals surface area contributed by atoms with Crippen LogP contribution in [0.15, 0.2) is 0 Å². The Morgan fingerprint density at radius 3 is 1.67 bits per heavy atom. The number of carbonyl (C=O) groups is 3. The van der Waals surface area contributed by atoms with Crippen LogP contribution in [0.2, 0.25) is 0 Å². The lowest BCUT2D eigenvalue weighted by Crippen LogP contribution is -2.43. The Kier molecular flexibility index (Phi) is 8.11. The van der Waals surface area contributed by atoms with Crippen LogP contribution >= 0.6 is 0 Å². The number of aliphatic hydroxyl groups is 1. The summed E-state index contributed by atoms with van der Waals surface area (Å²) in [5, 5.41) is 32.0. The topological polar surface area (TPSA) is 158 Å². The molecule has 0 amide bonds. The first-order chi connectivity index (χ1) is 6.86. The summed E-state index contributed by atoms with van der Waals surface area (Å²) in [6.45, 7) is 0. The highest BCUT2D eigenvalue weighted by Crippen LogP contribution is 2.08. The van der Waals surface area contributed by atoms with Crippen LogP contribution in [-0.4, -0.2) is 51.5 Å². The molecule has 0 fully saturated rings. The highest BCUT2D eigenvalue weighted by molar-refractivity contribution is 5.85. The van der Waals surface area contributed by atoms with Crippen molar-refractivity contribution in [3.8, 4) is 0 Å². The zero-order valence-corrected chi connectivity index (χ0v) is 7.95. The zero-order chi connectivity index (χ0) is 12.6. The molecular formula is C7H13NO7. The normalized spacial score (nSPS) is 13.0. The molecular weight excluding hydrogens is 210 g/mol. The Bertz CT molecular complexity index is 239. The first-order valence-corrected chi connectivity index (χ1v) is 3.74. The number of hydrogen-bond acceptors (Lipinski definition) is 5. The quantitative estimate of drug-likeness (QED) is 0.364. The molecule has 0 aliphatic carbocycles. The van der Waals surface area contributed by atoms with Crippen molar-refractivity contribution in [1.82, 2.24) is 0 Å². The Hall–Kier alpha value is -1.67. The lowest BCUT2D eigenvalue weighted by Gasteiger charge is -2.13. The smallest absolute Gasteiger partial charge is 0.321 e. The van der Waals surface area contributed by atoms with Crippen molar-refractivity contribution in [2.24, 2.45) is 11.7 Å². The molecule has 0 bridgehead atoms. The molecule has 0 aromatic heterocycles. The van der Waals surface area contributed by atoms with Crippen molar-refractivity contribution >= 4 is 17.9 Å². The van der Waals surface area contributed by atoms with E-state index in [1.807, 2.05) is 0 Å². The number of carboxylic acids is 3. The molecule has 0 heterocycles. The maximum Gasteiger partial charge on any atom is 0.321 e. The van der Waals surface area contributed by atoms with Crippen LogP contribution in [0.25, 0.3) is 0 Å². The van der Waals surface area contributed by atoms with Gasteiger partial charge in [-0.15, -0.1) is 0 Å². The van der Waals surface area contributed by atoms with Crippen LogP contribution in [0, 0.1) is 5.92 Å². The number of carboxylic acid groups (broad SMARTS) is 3. The van der Waals surface area contributed by atoms with E-state index in [0.29, 0.717) is 0 Å².